The minimum atomic E-state index is -0.0438. The van der Waals surface area contributed by atoms with Gasteiger partial charge in [-0.05, 0) is 30.9 Å². The normalized spacial score (nSPS) is 13.0. The lowest BCUT2D eigenvalue weighted by molar-refractivity contribution is 0.372. The first-order valence-corrected chi connectivity index (χ1v) is 8.68. The Morgan fingerprint density at radius 2 is 2.05 bits per heavy atom. The Kier molecular flexibility index (Phi) is 4.30. The van der Waals surface area contributed by atoms with E-state index in [-0.39, 0.29) is 11.2 Å². The molecule has 0 radical (unpaired) electrons. The fourth-order valence-electron chi connectivity index (χ4n) is 1.79. The Morgan fingerprint density at radius 3 is 2.68 bits per heavy atom. The highest BCUT2D eigenvalue weighted by atomic mass is 32.2. The number of hydrogen-bond donors (Lipinski definition) is 0. The second-order valence-corrected chi connectivity index (χ2v) is 7.42. The number of thiophene rings is 1. The van der Waals surface area contributed by atoms with Gasteiger partial charge in [-0.25, -0.2) is 0 Å². The van der Waals surface area contributed by atoms with Crippen molar-refractivity contribution in [2.45, 2.75) is 44.1 Å². The van der Waals surface area contributed by atoms with Crippen molar-refractivity contribution in [3.05, 3.63) is 28.7 Å². The molecule has 0 N–H and O–H groups in total. The smallest absolute Gasteiger partial charge is 0.277 e. The van der Waals surface area contributed by atoms with Crippen molar-refractivity contribution in [3.63, 3.8) is 0 Å². The molecule has 6 nitrogen and oxygen atoms in total. The van der Waals surface area contributed by atoms with Crippen LogP contribution in [0, 0.1) is 6.92 Å². The average Bonchev–Trinajstić information content (AvgIpc) is 3.17. The average molecular weight is 336 g/mol. The summed E-state index contributed by atoms with van der Waals surface area (Å²) in [6.07, 6.45) is 0. The lowest BCUT2D eigenvalue weighted by atomic mass is 10.2. The van der Waals surface area contributed by atoms with E-state index in [4.69, 9.17) is 8.94 Å². The van der Waals surface area contributed by atoms with Crippen LogP contribution in [0.3, 0.4) is 0 Å². The van der Waals surface area contributed by atoms with Crippen molar-refractivity contribution in [2.75, 3.05) is 0 Å². The van der Waals surface area contributed by atoms with Crippen molar-refractivity contribution in [1.29, 1.82) is 0 Å². The van der Waals surface area contributed by atoms with Gasteiger partial charge in [-0.3, -0.25) is 0 Å². The van der Waals surface area contributed by atoms with Crippen LogP contribution in [0.4, 0.5) is 0 Å². The maximum atomic E-state index is 5.72. The second kappa shape index (κ2) is 6.21. The highest BCUT2D eigenvalue weighted by Crippen LogP contribution is 2.36. The Bertz CT molecular complexity index is 762. The van der Waals surface area contributed by atoms with E-state index < -0.39 is 0 Å². The van der Waals surface area contributed by atoms with E-state index in [9.17, 15) is 0 Å². The molecule has 3 heterocycles. The zero-order valence-corrected chi connectivity index (χ0v) is 14.4. The summed E-state index contributed by atoms with van der Waals surface area (Å²) in [5.41, 5.74) is 1.14. The van der Waals surface area contributed by atoms with Gasteiger partial charge in [0.05, 0.1) is 10.1 Å². The highest BCUT2D eigenvalue weighted by molar-refractivity contribution is 7.99. The van der Waals surface area contributed by atoms with Gasteiger partial charge in [0.1, 0.15) is 0 Å². The summed E-state index contributed by atoms with van der Waals surface area (Å²) in [4.78, 5) is 5.40. The van der Waals surface area contributed by atoms with Gasteiger partial charge in [-0.15, -0.1) is 21.5 Å². The molecule has 0 aliphatic carbocycles. The molecule has 0 amide bonds. The SMILES string of the molecule is Cc1ccsc1-c1nnc(S[C@@H](C)c2nc(C(C)C)no2)o1. The van der Waals surface area contributed by atoms with Crippen LogP contribution in [-0.2, 0) is 0 Å². The topological polar surface area (TPSA) is 77.8 Å². The molecule has 3 aromatic rings. The van der Waals surface area contributed by atoms with E-state index in [1.807, 2.05) is 39.1 Å². The molecule has 116 valence electrons. The van der Waals surface area contributed by atoms with Gasteiger partial charge in [0.15, 0.2) is 5.82 Å². The van der Waals surface area contributed by atoms with Crippen molar-refractivity contribution < 1.29 is 8.94 Å². The molecule has 1 atom stereocenters. The Labute approximate surface area is 136 Å². The van der Waals surface area contributed by atoms with Crippen LogP contribution < -0.4 is 0 Å². The molecule has 0 aliphatic heterocycles. The number of thioether (sulfide) groups is 1. The minimum Gasteiger partial charge on any atom is -0.410 e. The fourth-order valence-corrected chi connectivity index (χ4v) is 3.35. The molecular formula is C14H16N4O2S2. The van der Waals surface area contributed by atoms with E-state index in [0.29, 0.717) is 22.8 Å². The fraction of sp³-hybridized carbons (Fsp3) is 0.429. The molecule has 3 rings (SSSR count). The number of nitrogens with zero attached hydrogens (tertiary/aromatic N) is 4. The summed E-state index contributed by atoms with van der Waals surface area (Å²) in [6, 6.07) is 2.03. The molecule has 8 heteroatoms. The van der Waals surface area contributed by atoms with Crippen LogP contribution in [0.5, 0.6) is 0 Å². The summed E-state index contributed by atoms with van der Waals surface area (Å²) in [7, 11) is 0. The van der Waals surface area contributed by atoms with Crippen LogP contribution in [0.1, 0.15) is 49.2 Å². The third-order valence-corrected chi connectivity index (χ3v) is 4.99. The van der Waals surface area contributed by atoms with Gasteiger partial charge in [0.25, 0.3) is 11.1 Å². The molecule has 22 heavy (non-hydrogen) atoms. The highest BCUT2D eigenvalue weighted by Gasteiger charge is 2.20. The van der Waals surface area contributed by atoms with Gasteiger partial charge < -0.3 is 8.94 Å². The largest absolute Gasteiger partial charge is 0.410 e. The molecule has 0 spiro atoms. The number of rotatable bonds is 5. The summed E-state index contributed by atoms with van der Waals surface area (Å²) in [6.45, 7) is 8.06. The van der Waals surface area contributed by atoms with Gasteiger partial charge in [0, 0.05) is 5.92 Å². The number of hydrogen-bond acceptors (Lipinski definition) is 8. The van der Waals surface area contributed by atoms with Gasteiger partial charge in [0.2, 0.25) is 5.89 Å². The van der Waals surface area contributed by atoms with E-state index in [0.717, 1.165) is 10.4 Å². The van der Waals surface area contributed by atoms with Crippen LogP contribution in [-0.4, -0.2) is 20.3 Å². The molecule has 0 aliphatic rings. The van der Waals surface area contributed by atoms with E-state index in [1.165, 1.54) is 11.8 Å². The standard InChI is InChI=1S/C14H16N4O2S2/c1-7(2)11-15-12(20-18-11)9(4)22-14-17-16-13(19-14)10-8(3)5-6-21-10/h5-7,9H,1-4H3/t9-/m0/s1. The minimum absolute atomic E-state index is 0.0438. The quantitative estimate of drug-likeness (QED) is 0.636. The monoisotopic (exact) mass is 336 g/mol. The summed E-state index contributed by atoms with van der Waals surface area (Å²) in [5, 5.41) is 14.6. The maximum Gasteiger partial charge on any atom is 0.277 e. The predicted molar refractivity (Wildman–Crippen MR) is 85.0 cm³/mol. The molecule has 0 fully saturated rings. The molecule has 0 unspecified atom stereocenters. The number of aromatic nitrogens is 4. The van der Waals surface area contributed by atoms with Crippen LogP contribution >= 0.6 is 23.1 Å². The third-order valence-electron chi connectivity index (χ3n) is 3.06. The zero-order valence-electron chi connectivity index (χ0n) is 12.7. The molecular weight excluding hydrogens is 320 g/mol. The Balaban J connectivity index is 1.73. The van der Waals surface area contributed by atoms with Crippen LogP contribution in [0.25, 0.3) is 10.8 Å². The predicted octanol–water partition coefficient (Wildman–Crippen LogP) is 4.47. The van der Waals surface area contributed by atoms with Gasteiger partial charge >= 0.3 is 0 Å². The molecule has 3 aromatic heterocycles. The summed E-state index contributed by atoms with van der Waals surface area (Å²) < 4.78 is 11.0. The first kappa shape index (κ1) is 15.2. The lowest BCUT2D eigenvalue weighted by Crippen LogP contribution is -1.92. The van der Waals surface area contributed by atoms with E-state index in [2.05, 4.69) is 20.3 Å². The summed E-state index contributed by atoms with van der Waals surface area (Å²) >= 11 is 3.01. The van der Waals surface area contributed by atoms with E-state index in [1.54, 1.807) is 11.3 Å². The molecule has 0 bridgehead atoms. The van der Waals surface area contributed by atoms with E-state index >= 15 is 0 Å². The first-order chi connectivity index (χ1) is 10.5. The molecule has 0 aromatic carbocycles. The Hall–Kier alpha value is -1.67. The van der Waals surface area contributed by atoms with Gasteiger partial charge in [-0.1, -0.05) is 30.8 Å². The lowest BCUT2D eigenvalue weighted by Gasteiger charge is -2.01. The van der Waals surface area contributed by atoms with Crippen molar-refractivity contribution in [1.82, 2.24) is 20.3 Å². The summed E-state index contributed by atoms with van der Waals surface area (Å²) in [5.74, 6) is 2.07. The second-order valence-electron chi connectivity index (χ2n) is 5.21. The number of aryl methyl sites for hydroxylation is 1. The van der Waals surface area contributed by atoms with Gasteiger partial charge in [-0.2, -0.15) is 4.98 Å². The van der Waals surface area contributed by atoms with Crippen LogP contribution in [0.15, 0.2) is 25.6 Å². The molecule has 0 saturated heterocycles. The van der Waals surface area contributed by atoms with Crippen molar-refractivity contribution in [2.24, 2.45) is 0 Å². The maximum absolute atomic E-state index is 5.72. The first-order valence-electron chi connectivity index (χ1n) is 6.92. The van der Waals surface area contributed by atoms with Crippen molar-refractivity contribution >= 4 is 23.1 Å². The van der Waals surface area contributed by atoms with Crippen molar-refractivity contribution in [3.8, 4) is 10.8 Å². The molecule has 0 saturated carbocycles. The Morgan fingerprint density at radius 1 is 1.23 bits per heavy atom. The zero-order chi connectivity index (χ0) is 15.7. The van der Waals surface area contributed by atoms with Crippen LogP contribution in [0.2, 0.25) is 0 Å². The third kappa shape index (κ3) is 3.07.